The molecule has 9 heteroatoms. The zero-order valence-electron chi connectivity index (χ0n) is 15.9. The largest absolute Gasteiger partial charge is 0.416 e. The number of thioether (sulfide) groups is 1. The molecule has 1 aliphatic heterocycles. The molecule has 0 saturated carbocycles. The number of nitrogens with zero attached hydrogens (tertiary/aromatic N) is 3. The Bertz CT molecular complexity index is 1020. The molecule has 0 bridgehead atoms. The van der Waals surface area contributed by atoms with E-state index in [1.807, 2.05) is 0 Å². The zero-order valence-corrected chi connectivity index (χ0v) is 17.5. The second-order valence-electron chi connectivity index (χ2n) is 6.97. The lowest BCUT2D eigenvalue weighted by atomic mass is 10.1. The first-order chi connectivity index (χ1) is 14.4. The summed E-state index contributed by atoms with van der Waals surface area (Å²) in [6.45, 7) is 0.733. The Hall–Kier alpha value is -2.03. The van der Waals surface area contributed by atoms with E-state index in [1.54, 1.807) is 34.9 Å². The van der Waals surface area contributed by atoms with Crippen LogP contribution in [0.1, 0.15) is 24.8 Å². The van der Waals surface area contributed by atoms with Crippen LogP contribution in [0.2, 0.25) is 5.02 Å². The van der Waals surface area contributed by atoms with Crippen molar-refractivity contribution in [1.29, 1.82) is 0 Å². The Kier molecular flexibility index (Phi) is 6.36. The normalized spacial score (nSPS) is 17.3. The Morgan fingerprint density at radius 1 is 1.10 bits per heavy atom. The SMILES string of the molecule is FC(F)(F)c1cccc(-n2c(SC[C@H]3CCCCO3)nnc2-c2ccccc2Cl)c1. The highest BCUT2D eigenvalue weighted by Crippen LogP contribution is 2.35. The summed E-state index contributed by atoms with van der Waals surface area (Å²) in [7, 11) is 0. The molecule has 0 spiro atoms. The van der Waals surface area contributed by atoms with Gasteiger partial charge < -0.3 is 4.74 Å². The van der Waals surface area contributed by atoms with Crippen molar-refractivity contribution in [1.82, 2.24) is 14.8 Å². The summed E-state index contributed by atoms with van der Waals surface area (Å²) in [6, 6.07) is 12.2. The zero-order chi connectivity index (χ0) is 21.1. The fraction of sp³-hybridized carbons (Fsp3) is 0.333. The number of hydrogen-bond acceptors (Lipinski definition) is 4. The van der Waals surface area contributed by atoms with Gasteiger partial charge in [-0.1, -0.05) is 41.6 Å². The smallest absolute Gasteiger partial charge is 0.377 e. The molecule has 0 amide bonds. The van der Waals surface area contributed by atoms with Crippen LogP contribution in [0.5, 0.6) is 0 Å². The van der Waals surface area contributed by atoms with E-state index < -0.39 is 11.7 Å². The molecule has 158 valence electrons. The number of aromatic nitrogens is 3. The van der Waals surface area contributed by atoms with Gasteiger partial charge in [0.2, 0.25) is 0 Å². The predicted molar refractivity (Wildman–Crippen MR) is 111 cm³/mol. The van der Waals surface area contributed by atoms with Crippen LogP contribution < -0.4 is 0 Å². The van der Waals surface area contributed by atoms with E-state index in [0.29, 0.717) is 33.0 Å². The van der Waals surface area contributed by atoms with Crippen molar-refractivity contribution in [2.75, 3.05) is 12.4 Å². The van der Waals surface area contributed by atoms with E-state index in [9.17, 15) is 13.2 Å². The third-order valence-electron chi connectivity index (χ3n) is 4.85. The number of alkyl halides is 3. The van der Waals surface area contributed by atoms with E-state index in [4.69, 9.17) is 16.3 Å². The molecular weight excluding hydrogens is 435 g/mol. The maximum absolute atomic E-state index is 13.3. The standard InChI is InChI=1S/C21H19ClF3N3OS/c22-18-10-2-1-9-17(18)19-26-27-20(30-13-16-8-3-4-11-29-16)28(19)15-7-5-6-14(12-15)21(23,24)25/h1-2,5-7,9-10,12,16H,3-4,8,11,13H2/t16-/m1/s1. The van der Waals surface area contributed by atoms with E-state index in [2.05, 4.69) is 10.2 Å². The molecule has 1 fully saturated rings. The van der Waals surface area contributed by atoms with Crippen LogP contribution in [0, 0.1) is 0 Å². The van der Waals surface area contributed by atoms with Gasteiger partial charge in [-0.05, 0) is 49.6 Å². The molecule has 3 aromatic rings. The summed E-state index contributed by atoms with van der Waals surface area (Å²) in [5.74, 6) is 1.05. The molecule has 1 saturated heterocycles. The fourth-order valence-corrected chi connectivity index (χ4v) is 4.58. The monoisotopic (exact) mass is 453 g/mol. The van der Waals surface area contributed by atoms with Crippen molar-refractivity contribution in [3.8, 4) is 17.1 Å². The summed E-state index contributed by atoms with van der Waals surface area (Å²) in [4.78, 5) is 0. The van der Waals surface area contributed by atoms with Crippen LogP contribution in [-0.4, -0.2) is 33.2 Å². The van der Waals surface area contributed by atoms with Crippen molar-refractivity contribution >= 4 is 23.4 Å². The highest BCUT2D eigenvalue weighted by Gasteiger charge is 2.31. The van der Waals surface area contributed by atoms with Crippen LogP contribution in [0.4, 0.5) is 13.2 Å². The molecule has 1 aliphatic rings. The summed E-state index contributed by atoms with van der Waals surface area (Å²) in [5, 5.41) is 9.48. The lowest BCUT2D eigenvalue weighted by Gasteiger charge is -2.22. The van der Waals surface area contributed by atoms with Gasteiger partial charge >= 0.3 is 6.18 Å². The Labute approximate surface area is 181 Å². The third-order valence-corrected chi connectivity index (χ3v) is 6.24. The van der Waals surface area contributed by atoms with Gasteiger partial charge in [0.15, 0.2) is 11.0 Å². The number of rotatable bonds is 5. The molecule has 0 aliphatic carbocycles. The van der Waals surface area contributed by atoms with Crippen molar-refractivity contribution in [2.45, 2.75) is 36.7 Å². The highest BCUT2D eigenvalue weighted by atomic mass is 35.5. The first kappa shape index (κ1) is 21.2. The van der Waals surface area contributed by atoms with Crippen molar-refractivity contribution in [2.24, 2.45) is 0 Å². The summed E-state index contributed by atoms with van der Waals surface area (Å²) in [5.41, 5.74) is 0.201. The summed E-state index contributed by atoms with van der Waals surface area (Å²) < 4.78 is 47.3. The van der Waals surface area contributed by atoms with Gasteiger partial charge in [0, 0.05) is 17.9 Å². The van der Waals surface area contributed by atoms with Crippen molar-refractivity contribution in [3.63, 3.8) is 0 Å². The lowest BCUT2D eigenvalue weighted by Crippen LogP contribution is -2.21. The fourth-order valence-electron chi connectivity index (χ4n) is 3.34. The molecule has 4 rings (SSSR count). The first-order valence-corrected chi connectivity index (χ1v) is 10.9. The third kappa shape index (κ3) is 4.66. The molecule has 4 nitrogen and oxygen atoms in total. The first-order valence-electron chi connectivity index (χ1n) is 9.56. The minimum Gasteiger partial charge on any atom is -0.377 e. The second-order valence-corrected chi connectivity index (χ2v) is 8.36. The van der Waals surface area contributed by atoms with Gasteiger partial charge in [-0.25, -0.2) is 0 Å². The summed E-state index contributed by atoms with van der Waals surface area (Å²) >= 11 is 7.77. The van der Waals surface area contributed by atoms with Crippen LogP contribution in [0.3, 0.4) is 0 Å². The molecule has 2 heterocycles. The number of halogens is 4. The average Bonchev–Trinajstić information content (AvgIpc) is 3.16. The lowest BCUT2D eigenvalue weighted by molar-refractivity contribution is -0.137. The van der Waals surface area contributed by atoms with Crippen LogP contribution in [0.25, 0.3) is 17.1 Å². The summed E-state index contributed by atoms with van der Waals surface area (Å²) in [6.07, 6.45) is -1.23. The molecule has 30 heavy (non-hydrogen) atoms. The maximum atomic E-state index is 13.3. The minimum absolute atomic E-state index is 0.0965. The number of ether oxygens (including phenoxy) is 1. The van der Waals surface area contributed by atoms with Gasteiger partial charge in [0.1, 0.15) is 0 Å². The maximum Gasteiger partial charge on any atom is 0.416 e. The van der Waals surface area contributed by atoms with Gasteiger partial charge in [-0.2, -0.15) is 13.2 Å². The Balaban J connectivity index is 1.75. The Morgan fingerprint density at radius 3 is 2.67 bits per heavy atom. The predicted octanol–water partition coefficient (Wildman–Crippen LogP) is 6.27. The van der Waals surface area contributed by atoms with E-state index in [-0.39, 0.29) is 6.10 Å². The van der Waals surface area contributed by atoms with Gasteiger partial charge in [-0.15, -0.1) is 10.2 Å². The second kappa shape index (κ2) is 8.99. The molecular formula is C21H19ClF3N3OS. The molecule has 0 N–H and O–H groups in total. The van der Waals surface area contributed by atoms with Gasteiger partial charge in [0.25, 0.3) is 0 Å². The van der Waals surface area contributed by atoms with Gasteiger partial charge in [0.05, 0.1) is 22.4 Å². The van der Waals surface area contributed by atoms with Crippen molar-refractivity contribution < 1.29 is 17.9 Å². The van der Waals surface area contributed by atoms with Crippen LogP contribution in [0.15, 0.2) is 53.7 Å². The van der Waals surface area contributed by atoms with E-state index >= 15 is 0 Å². The molecule has 0 unspecified atom stereocenters. The minimum atomic E-state index is -4.45. The molecule has 1 atom stereocenters. The van der Waals surface area contributed by atoms with Crippen LogP contribution >= 0.6 is 23.4 Å². The molecule has 2 aromatic carbocycles. The van der Waals surface area contributed by atoms with E-state index in [0.717, 1.165) is 38.0 Å². The highest BCUT2D eigenvalue weighted by molar-refractivity contribution is 7.99. The number of hydrogen-bond donors (Lipinski definition) is 0. The number of benzene rings is 2. The topological polar surface area (TPSA) is 39.9 Å². The quantitative estimate of drug-likeness (QED) is 0.427. The Morgan fingerprint density at radius 2 is 1.93 bits per heavy atom. The van der Waals surface area contributed by atoms with E-state index in [1.165, 1.54) is 17.8 Å². The molecule has 0 radical (unpaired) electrons. The molecule has 1 aromatic heterocycles. The average molecular weight is 454 g/mol. The van der Waals surface area contributed by atoms with Crippen molar-refractivity contribution in [3.05, 3.63) is 59.1 Å². The van der Waals surface area contributed by atoms with Crippen LogP contribution in [-0.2, 0) is 10.9 Å². The van der Waals surface area contributed by atoms with Gasteiger partial charge in [-0.3, -0.25) is 4.57 Å².